The van der Waals surface area contributed by atoms with Crippen molar-refractivity contribution in [3.63, 3.8) is 0 Å². The van der Waals surface area contributed by atoms with E-state index in [1.54, 1.807) is 12.1 Å². The Bertz CT molecular complexity index is 567. The smallest absolute Gasteiger partial charge is 0.287 e. The molecule has 0 bridgehead atoms. The lowest BCUT2D eigenvalue weighted by Crippen LogP contribution is -2.25. The number of furan rings is 1. The fraction of sp³-hybridized carbons (Fsp3) is 0.417. The molecule has 0 spiro atoms. The summed E-state index contributed by atoms with van der Waals surface area (Å²) >= 11 is 1.47. The molecule has 2 N–H and O–H groups in total. The molecule has 0 saturated heterocycles. The van der Waals surface area contributed by atoms with E-state index in [2.05, 4.69) is 20.5 Å². The van der Waals surface area contributed by atoms with Gasteiger partial charge < -0.3 is 14.5 Å². The number of hydrogen-bond donors (Lipinski definition) is 2. The predicted molar refractivity (Wildman–Crippen MR) is 74.1 cm³/mol. The first kappa shape index (κ1) is 14.4. The second-order valence-corrected chi connectivity index (χ2v) is 4.92. The van der Waals surface area contributed by atoms with Gasteiger partial charge >= 0.3 is 0 Å². The maximum absolute atomic E-state index is 11.8. The molecule has 0 fully saturated rings. The second-order valence-electron chi connectivity index (χ2n) is 3.86. The summed E-state index contributed by atoms with van der Waals surface area (Å²) in [5, 5.41) is 10.2. The quantitative estimate of drug-likeness (QED) is 0.596. The van der Waals surface area contributed by atoms with E-state index in [4.69, 9.17) is 9.15 Å². The number of ether oxygens (including phenoxy) is 1. The van der Waals surface area contributed by atoms with E-state index < -0.39 is 0 Å². The zero-order valence-corrected chi connectivity index (χ0v) is 12.1. The lowest BCUT2D eigenvalue weighted by molar-refractivity contribution is 0.0920. The number of carbonyl (C=O) groups is 1. The molecule has 0 aliphatic heterocycles. The van der Waals surface area contributed by atoms with E-state index in [1.165, 1.54) is 11.8 Å². The molecular weight excluding hydrogens is 280 g/mol. The first-order valence-corrected chi connectivity index (χ1v) is 7.20. The third kappa shape index (κ3) is 4.02. The van der Waals surface area contributed by atoms with Gasteiger partial charge in [-0.3, -0.25) is 9.89 Å². The molecule has 8 heteroatoms. The number of nitrogens with zero attached hydrogens (tertiary/aromatic N) is 2. The molecule has 1 amide bonds. The minimum atomic E-state index is -0.261. The zero-order chi connectivity index (χ0) is 14.4. The van der Waals surface area contributed by atoms with Crippen LogP contribution in [0.25, 0.3) is 0 Å². The molecule has 0 aliphatic carbocycles. The molecule has 0 radical (unpaired) electrons. The van der Waals surface area contributed by atoms with Gasteiger partial charge in [0.05, 0.1) is 6.61 Å². The standard InChI is InChI=1S/C12H16N4O3S/c1-3-18-10-5-4-9(19-10)11(17)13-6-7-20-12-14-8(2)15-16-12/h4-5H,3,6-7H2,1-2H3,(H,13,17)(H,14,15,16). The van der Waals surface area contributed by atoms with Gasteiger partial charge in [-0.2, -0.15) is 0 Å². The van der Waals surface area contributed by atoms with E-state index in [-0.39, 0.29) is 11.7 Å². The molecule has 0 saturated carbocycles. The molecule has 2 aromatic heterocycles. The average Bonchev–Trinajstić information content (AvgIpc) is 3.04. The van der Waals surface area contributed by atoms with Gasteiger partial charge in [0.25, 0.3) is 11.9 Å². The summed E-state index contributed by atoms with van der Waals surface area (Å²) in [5.74, 6) is 1.79. The van der Waals surface area contributed by atoms with Gasteiger partial charge in [0, 0.05) is 18.4 Å². The summed E-state index contributed by atoms with van der Waals surface area (Å²) < 4.78 is 10.4. The van der Waals surface area contributed by atoms with Crippen LogP contribution >= 0.6 is 11.8 Å². The Kier molecular flexibility index (Phi) is 5.05. The summed E-state index contributed by atoms with van der Waals surface area (Å²) in [7, 11) is 0. The molecule has 0 aliphatic rings. The number of aromatic amines is 1. The topological polar surface area (TPSA) is 93.0 Å². The number of thioether (sulfide) groups is 1. The van der Waals surface area contributed by atoms with Crippen LogP contribution in [0.4, 0.5) is 0 Å². The molecule has 0 aromatic carbocycles. The number of aryl methyl sites for hydroxylation is 1. The third-order valence-electron chi connectivity index (χ3n) is 2.29. The molecule has 20 heavy (non-hydrogen) atoms. The van der Waals surface area contributed by atoms with Crippen LogP contribution < -0.4 is 10.1 Å². The monoisotopic (exact) mass is 296 g/mol. The van der Waals surface area contributed by atoms with Gasteiger partial charge in [-0.15, -0.1) is 5.10 Å². The van der Waals surface area contributed by atoms with Crippen molar-refractivity contribution < 1.29 is 13.9 Å². The van der Waals surface area contributed by atoms with Gasteiger partial charge in [-0.25, -0.2) is 4.98 Å². The lowest BCUT2D eigenvalue weighted by Gasteiger charge is -2.01. The van der Waals surface area contributed by atoms with Crippen LogP contribution in [-0.2, 0) is 0 Å². The van der Waals surface area contributed by atoms with E-state index in [9.17, 15) is 4.79 Å². The van der Waals surface area contributed by atoms with E-state index in [0.29, 0.717) is 30.0 Å². The van der Waals surface area contributed by atoms with Crippen molar-refractivity contribution in [2.75, 3.05) is 18.9 Å². The number of rotatable bonds is 7. The fourth-order valence-electron chi connectivity index (χ4n) is 1.44. The van der Waals surface area contributed by atoms with Crippen LogP contribution in [0.2, 0.25) is 0 Å². The Labute approximate surface area is 120 Å². The molecule has 0 unspecified atom stereocenters. The molecule has 2 heterocycles. The van der Waals surface area contributed by atoms with Crippen molar-refractivity contribution in [3.8, 4) is 5.95 Å². The van der Waals surface area contributed by atoms with Crippen molar-refractivity contribution in [3.05, 3.63) is 23.7 Å². The van der Waals surface area contributed by atoms with Crippen LogP contribution in [-0.4, -0.2) is 40.0 Å². The van der Waals surface area contributed by atoms with E-state index in [1.807, 2.05) is 13.8 Å². The molecule has 0 atom stereocenters. The van der Waals surface area contributed by atoms with Crippen LogP contribution in [0.5, 0.6) is 5.95 Å². The Balaban J connectivity index is 1.71. The number of hydrogen-bond acceptors (Lipinski definition) is 6. The number of amides is 1. The maximum Gasteiger partial charge on any atom is 0.287 e. The minimum Gasteiger partial charge on any atom is -0.465 e. The van der Waals surface area contributed by atoms with E-state index >= 15 is 0 Å². The van der Waals surface area contributed by atoms with Gasteiger partial charge in [-0.1, -0.05) is 11.8 Å². The number of carbonyl (C=O) groups excluding carboxylic acids is 1. The van der Waals surface area contributed by atoms with Gasteiger partial charge in [0.2, 0.25) is 5.16 Å². The van der Waals surface area contributed by atoms with Crippen LogP contribution in [0.15, 0.2) is 21.7 Å². The Morgan fingerprint density at radius 1 is 1.55 bits per heavy atom. The SMILES string of the molecule is CCOc1ccc(C(=O)NCCSc2n[nH]c(C)n2)o1. The number of aromatic nitrogens is 3. The van der Waals surface area contributed by atoms with E-state index in [0.717, 1.165) is 5.82 Å². The Morgan fingerprint density at radius 3 is 3.10 bits per heavy atom. The molecule has 108 valence electrons. The van der Waals surface area contributed by atoms with Crippen molar-refractivity contribution in [1.82, 2.24) is 20.5 Å². The fourth-order valence-corrected chi connectivity index (χ4v) is 2.14. The highest BCUT2D eigenvalue weighted by Gasteiger charge is 2.11. The van der Waals surface area contributed by atoms with Crippen LogP contribution in [0.1, 0.15) is 23.3 Å². The highest BCUT2D eigenvalue weighted by atomic mass is 32.2. The summed E-state index contributed by atoms with van der Waals surface area (Å²) in [5.41, 5.74) is 0. The minimum absolute atomic E-state index is 0.243. The lowest BCUT2D eigenvalue weighted by atomic mass is 10.4. The van der Waals surface area contributed by atoms with Gasteiger partial charge in [-0.05, 0) is 19.9 Å². The van der Waals surface area contributed by atoms with Gasteiger partial charge in [0.15, 0.2) is 5.76 Å². The highest BCUT2D eigenvalue weighted by molar-refractivity contribution is 7.99. The van der Waals surface area contributed by atoms with Crippen molar-refractivity contribution in [1.29, 1.82) is 0 Å². The van der Waals surface area contributed by atoms with Crippen molar-refractivity contribution >= 4 is 17.7 Å². The average molecular weight is 296 g/mol. The summed E-state index contributed by atoms with van der Waals surface area (Å²) in [6, 6.07) is 3.22. The summed E-state index contributed by atoms with van der Waals surface area (Å²) in [4.78, 5) is 15.9. The molecule has 2 rings (SSSR count). The first-order chi connectivity index (χ1) is 9.69. The Hall–Kier alpha value is -1.96. The zero-order valence-electron chi connectivity index (χ0n) is 11.3. The third-order valence-corrected chi connectivity index (χ3v) is 3.14. The number of H-pyrrole nitrogens is 1. The summed E-state index contributed by atoms with van der Waals surface area (Å²) in [6.07, 6.45) is 0. The Morgan fingerprint density at radius 2 is 2.40 bits per heavy atom. The van der Waals surface area contributed by atoms with Crippen molar-refractivity contribution in [2.45, 2.75) is 19.0 Å². The normalized spacial score (nSPS) is 10.5. The maximum atomic E-state index is 11.8. The molecule has 2 aromatic rings. The van der Waals surface area contributed by atoms with Crippen LogP contribution in [0, 0.1) is 6.92 Å². The van der Waals surface area contributed by atoms with Crippen LogP contribution in [0.3, 0.4) is 0 Å². The number of nitrogens with one attached hydrogen (secondary N) is 2. The summed E-state index contributed by atoms with van der Waals surface area (Å²) in [6.45, 7) is 4.69. The molecule has 7 nitrogen and oxygen atoms in total. The predicted octanol–water partition coefficient (Wildman–Crippen LogP) is 1.63. The molecular formula is C12H16N4O3S. The van der Waals surface area contributed by atoms with Gasteiger partial charge in [0.1, 0.15) is 5.82 Å². The first-order valence-electron chi connectivity index (χ1n) is 6.21. The largest absolute Gasteiger partial charge is 0.465 e. The highest BCUT2D eigenvalue weighted by Crippen LogP contribution is 2.16. The van der Waals surface area contributed by atoms with Crippen molar-refractivity contribution in [2.24, 2.45) is 0 Å². The second kappa shape index (κ2) is 6.99.